The van der Waals surface area contributed by atoms with E-state index >= 15 is 0 Å². The van der Waals surface area contributed by atoms with Crippen LogP contribution in [0, 0.1) is 0 Å². The molecule has 1 atom stereocenters. The van der Waals surface area contributed by atoms with Crippen molar-refractivity contribution in [1.29, 1.82) is 0 Å². The summed E-state index contributed by atoms with van der Waals surface area (Å²) in [7, 11) is 3.76. The maximum Gasteiger partial charge on any atom is 0.254 e. The molecule has 5 rings (SSSR count). The highest BCUT2D eigenvalue weighted by molar-refractivity contribution is 5.97. The van der Waals surface area contributed by atoms with Crippen molar-refractivity contribution in [3.8, 4) is 0 Å². The molecule has 0 radical (unpaired) electrons. The lowest BCUT2D eigenvalue weighted by Gasteiger charge is -2.17. The summed E-state index contributed by atoms with van der Waals surface area (Å²) in [4.78, 5) is 26.0. The molecule has 4 aromatic rings. The molecule has 154 valence electrons. The van der Waals surface area contributed by atoms with Crippen LogP contribution in [0.25, 0.3) is 16.7 Å². The number of rotatable bonds is 4. The number of carbonyl (C=O) groups excluding carboxylic acids is 1. The van der Waals surface area contributed by atoms with Crippen LogP contribution in [0.4, 0.5) is 5.95 Å². The van der Waals surface area contributed by atoms with Crippen LogP contribution < -0.4 is 4.90 Å². The number of imidazole rings is 2. The summed E-state index contributed by atoms with van der Waals surface area (Å²) in [5.74, 6) is 0.761. The molecular weight excluding hydrogens is 380 g/mol. The molecule has 1 aliphatic rings. The Kier molecular flexibility index (Phi) is 4.43. The van der Waals surface area contributed by atoms with Crippen molar-refractivity contribution in [3.05, 3.63) is 60.0 Å². The summed E-state index contributed by atoms with van der Waals surface area (Å²) in [5.41, 5.74) is 4.17. The fourth-order valence-electron chi connectivity index (χ4n) is 4.16. The second kappa shape index (κ2) is 7.14. The minimum Gasteiger partial charge on any atom is -0.391 e. The lowest BCUT2D eigenvalue weighted by atomic mass is 10.1. The van der Waals surface area contributed by atoms with E-state index in [2.05, 4.69) is 9.88 Å². The van der Waals surface area contributed by atoms with Crippen LogP contribution in [0.15, 0.2) is 48.8 Å². The summed E-state index contributed by atoms with van der Waals surface area (Å²) in [6.07, 6.45) is 4.20. The summed E-state index contributed by atoms with van der Waals surface area (Å²) in [6, 6.07) is 11.5. The van der Waals surface area contributed by atoms with Gasteiger partial charge in [-0.3, -0.25) is 4.79 Å². The van der Waals surface area contributed by atoms with E-state index < -0.39 is 0 Å². The number of aliphatic hydroxyl groups is 1. The van der Waals surface area contributed by atoms with Crippen LogP contribution in [0.5, 0.6) is 0 Å². The van der Waals surface area contributed by atoms with Gasteiger partial charge < -0.3 is 23.9 Å². The van der Waals surface area contributed by atoms with Crippen molar-refractivity contribution < 1.29 is 9.90 Å². The lowest BCUT2D eigenvalue weighted by Crippen LogP contribution is -2.26. The minimum atomic E-state index is -0.310. The number of amides is 1. The number of pyridine rings is 1. The Morgan fingerprint density at radius 1 is 1.30 bits per heavy atom. The summed E-state index contributed by atoms with van der Waals surface area (Å²) >= 11 is 0. The van der Waals surface area contributed by atoms with Crippen molar-refractivity contribution in [3.63, 3.8) is 0 Å². The van der Waals surface area contributed by atoms with Gasteiger partial charge in [0.1, 0.15) is 5.65 Å². The monoisotopic (exact) mass is 404 g/mol. The SMILES string of the molecule is CN(Cc1cnc2ccccn12)C(=O)c1ccc2c(c1)nc(N1CC[C@H](O)C1)n2C. The number of hydrogen-bond acceptors (Lipinski definition) is 5. The molecule has 1 aromatic carbocycles. The van der Waals surface area contributed by atoms with Gasteiger partial charge in [0.15, 0.2) is 0 Å². The van der Waals surface area contributed by atoms with E-state index in [1.807, 2.05) is 58.6 Å². The zero-order chi connectivity index (χ0) is 20.8. The van der Waals surface area contributed by atoms with Crippen LogP contribution in [-0.4, -0.2) is 61.1 Å². The first kappa shape index (κ1) is 18.6. The number of aryl methyl sites for hydroxylation is 1. The normalized spacial score (nSPS) is 16.6. The van der Waals surface area contributed by atoms with E-state index in [0.717, 1.165) is 41.3 Å². The number of aliphatic hydroxyl groups excluding tert-OH is 1. The zero-order valence-electron chi connectivity index (χ0n) is 17.1. The number of anilines is 1. The number of β-amino-alcohol motifs (C(OH)–C–C–N with tert-alkyl or cyclic N) is 1. The molecule has 0 saturated carbocycles. The van der Waals surface area contributed by atoms with Crippen molar-refractivity contribution in [2.24, 2.45) is 7.05 Å². The smallest absolute Gasteiger partial charge is 0.254 e. The van der Waals surface area contributed by atoms with E-state index in [1.165, 1.54) is 0 Å². The third kappa shape index (κ3) is 3.09. The second-order valence-corrected chi connectivity index (χ2v) is 7.90. The molecule has 4 heterocycles. The molecule has 8 heteroatoms. The van der Waals surface area contributed by atoms with Crippen molar-refractivity contribution in [2.75, 3.05) is 25.0 Å². The Bertz CT molecular complexity index is 1240. The molecule has 0 spiro atoms. The van der Waals surface area contributed by atoms with Gasteiger partial charge in [-0.05, 0) is 36.8 Å². The minimum absolute atomic E-state index is 0.0634. The molecule has 1 saturated heterocycles. The van der Waals surface area contributed by atoms with Gasteiger partial charge in [-0.25, -0.2) is 9.97 Å². The molecule has 30 heavy (non-hydrogen) atoms. The number of fused-ring (bicyclic) bond motifs is 2. The highest BCUT2D eigenvalue weighted by Gasteiger charge is 2.25. The Morgan fingerprint density at radius 3 is 2.97 bits per heavy atom. The molecule has 1 amide bonds. The Hall–Kier alpha value is -3.39. The quantitative estimate of drug-likeness (QED) is 0.563. The third-order valence-electron chi connectivity index (χ3n) is 5.79. The molecule has 0 aliphatic carbocycles. The highest BCUT2D eigenvalue weighted by atomic mass is 16.3. The standard InChI is InChI=1S/C22H24N6O2/c1-25(13-16-12-23-20-5-3-4-9-28(16)20)21(30)15-6-7-19-18(11-15)24-22(26(19)2)27-10-8-17(29)14-27/h3-7,9,11-12,17,29H,8,10,13-14H2,1-2H3/t17-/m0/s1. The predicted octanol–water partition coefficient (Wildman–Crippen LogP) is 2.06. The lowest BCUT2D eigenvalue weighted by molar-refractivity contribution is 0.0783. The van der Waals surface area contributed by atoms with Crippen molar-refractivity contribution >= 4 is 28.5 Å². The van der Waals surface area contributed by atoms with Crippen LogP contribution in [0.3, 0.4) is 0 Å². The number of carbonyl (C=O) groups is 1. The fraction of sp³-hybridized carbons (Fsp3) is 0.318. The van der Waals surface area contributed by atoms with Crippen LogP contribution >= 0.6 is 0 Å². The molecule has 0 bridgehead atoms. The highest BCUT2D eigenvalue weighted by Crippen LogP contribution is 2.25. The van der Waals surface area contributed by atoms with Gasteiger partial charge >= 0.3 is 0 Å². The van der Waals surface area contributed by atoms with Crippen LogP contribution in [0.1, 0.15) is 22.5 Å². The molecule has 1 fully saturated rings. The topological polar surface area (TPSA) is 78.9 Å². The molecular formula is C22H24N6O2. The zero-order valence-corrected chi connectivity index (χ0v) is 17.1. The van der Waals surface area contributed by atoms with E-state index in [-0.39, 0.29) is 12.0 Å². The summed E-state index contributed by atoms with van der Waals surface area (Å²) in [6.45, 7) is 1.83. The van der Waals surface area contributed by atoms with E-state index in [0.29, 0.717) is 18.7 Å². The first-order chi connectivity index (χ1) is 14.5. The van der Waals surface area contributed by atoms with Gasteiger partial charge in [0.05, 0.1) is 35.6 Å². The van der Waals surface area contributed by atoms with Crippen molar-refractivity contribution in [1.82, 2.24) is 23.8 Å². The fourth-order valence-corrected chi connectivity index (χ4v) is 4.16. The predicted molar refractivity (Wildman–Crippen MR) is 115 cm³/mol. The second-order valence-electron chi connectivity index (χ2n) is 7.90. The molecule has 1 N–H and O–H groups in total. The Balaban J connectivity index is 1.40. The number of nitrogens with zero attached hydrogens (tertiary/aromatic N) is 6. The third-order valence-corrected chi connectivity index (χ3v) is 5.79. The van der Waals surface area contributed by atoms with Gasteiger partial charge in [0.2, 0.25) is 5.95 Å². The molecule has 8 nitrogen and oxygen atoms in total. The van der Waals surface area contributed by atoms with Gasteiger partial charge in [-0.1, -0.05) is 6.07 Å². The van der Waals surface area contributed by atoms with E-state index in [4.69, 9.17) is 4.98 Å². The maximum atomic E-state index is 13.1. The van der Waals surface area contributed by atoms with Gasteiger partial charge in [0.25, 0.3) is 5.91 Å². The largest absolute Gasteiger partial charge is 0.391 e. The average Bonchev–Trinajstić information content (AvgIpc) is 3.45. The average molecular weight is 404 g/mol. The summed E-state index contributed by atoms with van der Waals surface area (Å²) in [5, 5.41) is 9.84. The van der Waals surface area contributed by atoms with Gasteiger partial charge in [-0.15, -0.1) is 0 Å². The number of hydrogen-bond donors (Lipinski definition) is 1. The van der Waals surface area contributed by atoms with Crippen LogP contribution in [-0.2, 0) is 13.6 Å². The molecule has 3 aromatic heterocycles. The number of aromatic nitrogens is 4. The Labute approximate surface area is 174 Å². The maximum absolute atomic E-state index is 13.1. The van der Waals surface area contributed by atoms with Gasteiger partial charge in [0, 0.05) is 38.9 Å². The first-order valence-corrected chi connectivity index (χ1v) is 10.1. The van der Waals surface area contributed by atoms with Gasteiger partial charge in [-0.2, -0.15) is 0 Å². The Morgan fingerprint density at radius 2 is 2.17 bits per heavy atom. The summed E-state index contributed by atoms with van der Waals surface area (Å²) < 4.78 is 4.01. The van der Waals surface area contributed by atoms with E-state index in [9.17, 15) is 9.90 Å². The first-order valence-electron chi connectivity index (χ1n) is 10.1. The van der Waals surface area contributed by atoms with Crippen molar-refractivity contribution in [2.45, 2.75) is 19.1 Å². The van der Waals surface area contributed by atoms with E-state index in [1.54, 1.807) is 18.1 Å². The van der Waals surface area contributed by atoms with Crippen LogP contribution in [0.2, 0.25) is 0 Å². The number of benzene rings is 1. The molecule has 0 unspecified atom stereocenters. The molecule has 1 aliphatic heterocycles.